The summed E-state index contributed by atoms with van der Waals surface area (Å²) >= 11 is 1.17. The molecular weight excluding hydrogens is 296 g/mol. The van der Waals surface area contributed by atoms with Crippen LogP contribution < -0.4 is 10.2 Å². The summed E-state index contributed by atoms with van der Waals surface area (Å²) in [5.74, 6) is -0.0374. The van der Waals surface area contributed by atoms with E-state index in [-0.39, 0.29) is 16.8 Å². The van der Waals surface area contributed by atoms with Crippen LogP contribution in [0.4, 0.5) is 0 Å². The second-order valence-electron chi connectivity index (χ2n) is 5.43. The van der Waals surface area contributed by atoms with Crippen LogP contribution >= 0.6 is 11.3 Å². The van der Waals surface area contributed by atoms with Gasteiger partial charge >= 0.3 is 4.87 Å². The zero-order valence-corrected chi connectivity index (χ0v) is 14.1. The summed E-state index contributed by atoms with van der Waals surface area (Å²) in [6.45, 7) is 6.41. The molecule has 0 aliphatic carbocycles. The fourth-order valence-electron chi connectivity index (χ4n) is 2.33. The zero-order valence-electron chi connectivity index (χ0n) is 13.3. The van der Waals surface area contributed by atoms with Crippen LogP contribution in [0.15, 0.2) is 34.4 Å². The minimum absolute atomic E-state index is 0.00602. The molecule has 0 saturated heterocycles. The molecule has 4 nitrogen and oxygen atoms in total. The van der Waals surface area contributed by atoms with Crippen LogP contribution in [0.25, 0.3) is 0 Å². The van der Waals surface area contributed by atoms with Crippen molar-refractivity contribution in [1.29, 1.82) is 0 Å². The van der Waals surface area contributed by atoms with Crippen LogP contribution in [0.2, 0.25) is 0 Å². The Morgan fingerprint density at radius 2 is 2.00 bits per heavy atom. The molecule has 0 radical (unpaired) electrons. The van der Waals surface area contributed by atoms with Gasteiger partial charge in [-0.2, -0.15) is 0 Å². The number of hydrogen-bond acceptors (Lipinski definition) is 3. The third-order valence-electron chi connectivity index (χ3n) is 3.80. The van der Waals surface area contributed by atoms with Crippen LogP contribution in [-0.2, 0) is 17.8 Å². The first kappa shape index (κ1) is 16.5. The van der Waals surface area contributed by atoms with E-state index < -0.39 is 0 Å². The molecule has 0 spiro atoms. The number of aryl methyl sites for hydroxylation is 2. The van der Waals surface area contributed by atoms with Gasteiger partial charge < -0.3 is 9.88 Å². The van der Waals surface area contributed by atoms with E-state index in [0.717, 1.165) is 17.7 Å². The highest BCUT2D eigenvalue weighted by molar-refractivity contribution is 7.07. The number of hydrogen-bond donors (Lipinski definition) is 1. The van der Waals surface area contributed by atoms with Crippen molar-refractivity contribution in [3.8, 4) is 0 Å². The molecule has 0 saturated carbocycles. The highest BCUT2D eigenvalue weighted by Gasteiger charge is 2.11. The zero-order chi connectivity index (χ0) is 16.1. The summed E-state index contributed by atoms with van der Waals surface area (Å²) in [5, 5.41) is 4.80. The Balaban J connectivity index is 1.89. The number of amides is 1. The van der Waals surface area contributed by atoms with Crippen molar-refractivity contribution in [2.45, 2.75) is 46.2 Å². The molecule has 1 atom stereocenters. The van der Waals surface area contributed by atoms with Gasteiger partial charge in [0.25, 0.3) is 0 Å². The number of thiazole rings is 1. The average Bonchev–Trinajstić information content (AvgIpc) is 2.84. The van der Waals surface area contributed by atoms with Gasteiger partial charge in [0.15, 0.2) is 0 Å². The second-order valence-corrected chi connectivity index (χ2v) is 6.25. The van der Waals surface area contributed by atoms with Gasteiger partial charge in [-0.1, -0.05) is 42.5 Å². The number of nitrogens with zero attached hydrogens (tertiary/aromatic N) is 1. The lowest BCUT2D eigenvalue weighted by atomic mass is 10.0. The molecule has 1 N–H and O–H groups in total. The van der Waals surface area contributed by atoms with Gasteiger partial charge in [0, 0.05) is 24.0 Å². The van der Waals surface area contributed by atoms with Crippen LogP contribution in [0.5, 0.6) is 0 Å². The number of nitrogens with one attached hydrogen (secondary N) is 1. The second kappa shape index (κ2) is 7.40. The molecule has 2 aromatic rings. The first-order valence-electron chi connectivity index (χ1n) is 7.54. The highest BCUT2D eigenvalue weighted by atomic mass is 32.1. The monoisotopic (exact) mass is 318 g/mol. The van der Waals surface area contributed by atoms with Gasteiger partial charge in [0.05, 0.1) is 6.04 Å². The Hall–Kier alpha value is -1.88. The lowest BCUT2D eigenvalue weighted by Gasteiger charge is -2.15. The molecular formula is C17H22N2O2S. The summed E-state index contributed by atoms with van der Waals surface area (Å²) in [6.07, 6.45) is 1.32. The van der Waals surface area contributed by atoms with Crippen molar-refractivity contribution in [1.82, 2.24) is 9.88 Å². The Kier molecular flexibility index (Phi) is 5.55. The molecule has 1 amide bonds. The predicted octanol–water partition coefficient (Wildman–Crippen LogP) is 3.05. The van der Waals surface area contributed by atoms with Gasteiger partial charge in [-0.3, -0.25) is 9.59 Å². The number of benzene rings is 1. The van der Waals surface area contributed by atoms with Crippen LogP contribution in [-0.4, -0.2) is 10.5 Å². The van der Waals surface area contributed by atoms with E-state index in [1.165, 1.54) is 16.9 Å². The first-order chi connectivity index (χ1) is 10.5. The van der Waals surface area contributed by atoms with Crippen molar-refractivity contribution in [2.75, 3.05) is 0 Å². The van der Waals surface area contributed by atoms with Gasteiger partial charge in [0.1, 0.15) is 0 Å². The Morgan fingerprint density at radius 3 is 2.55 bits per heavy atom. The normalized spacial score (nSPS) is 12.1. The smallest absolute Gasteiger partial charge is 0.307 e. The largest absolute Gasteiger partial charge is 0.350 e. The number of carbonyl (C=O) groups excluding carboxylic acids is 1. The molecule has 0 bridgehead atoms. The minimum atomic E-state index is -0.0374. The van der Waals surface area contributed by atoms with Gasteiger partial charge in [-0.15, -0.1) is 0 Å². The fraction of sp³-hybridized carbons (Fsp3) is 0.412. The minimum Gasteiger partial charge on any atom is -0.350 e. The lowest BCUT2D eigenvalue weighted by molar-refractivity contribution is -0.121. The predicted molar refractivity (Wildman–Crippen MR) is 90.3 cm³/mol. The maximum Gasteiger partial charge on any atom is 0.307 e. The molecule has 0 fully saturated rings. The molecule has 0 aliphatic heterocycles. The van der Waals surface area contributed by atoms with Crippen molar-refractivity contribution in [3.05, 3.63) is 56.1 Å². The standard InChI is InChI=1S/C17H22N2O2S/c1-4-14-5-7-15(8-6-14)13(3)18-16(20)9-10-19-12(2)11-22-17(19)21/h5-8,11,13H,4,9-10H2,1-3H3,(H,18,20). The number of aromatic nitrogens is 1. The SMILES string of the molecule is CCc1ccc(C(C)NC(=O)CCn2c(C)csc2=O)cc1. The van der Waals surface area contributed by atoms with E-state index in [4.69, 9.17) is 0 Å². The molecule has 1 heterocycles. The quantitative estimate of drug-likeness (QED) is 0.890. The summed E-state index contributed by atoms with van der Waals surface area (Å²) in [7, 11) is 0. The third-order valence-corrected chi connectivity index (χ3v) is 4.69. The van der Waals surface area contributed by atoms with E-state index in [9.17, 15) is 9.59 Å². The van der Waals surface area contributed by atoms with E-state index in [2.05, 4.69) is 36.5 Å². The van der Waals surface area contributed by atoms with Gasteiger partial charge in [0.2, 0.25) is 5.91 Å². The molecule has 0 aliphatic rings. The molecule has 1 unspecified atom stereocenters. The van der Waals surface area contributed by atoms with Crippen molar-refractivity contribution in [2.24, 2.45) is 0 Å². The van der Waals surface area contributed by atoms with Crippen LogP contribution in [0.3, 0.4) is 0 Å². The fourth-order valence-corrected chi connectivity index (χ4v) is 3.09. The molecule has 118 valence electrons. The van der Waals surface area contributed by atoms with Crippen molar-refractivity contribution < 1.29 is 4.79 Å². The highest BCUT2D eigenvalue weighted by Crippen LogP contribution is 2.14. The maximum atomic E-state index is 12.0. The molecule has 1 aromatic heterocycles. The van der Waals surface area contributed by atoms with Crippen LogP contribution in [0, 0.1) is 6.92 Å². The summed E-state index contributed by atoms with van der Waals surface area (Å²) < 4.78 is 1.64. The Bertz CT molecular complexity index is 685. The molecule has 2 rings (SSSR count). The van der Waals surface area contributed by atoms with E-state index >= 15 is 0 Å². The van der Waals surface area contributed by atoms with Gasteiger partial charge in [-0.25, -0.2) is 0 Å². The first-order valence-corrected chi connectivity index (χ1v) is 8.42. The third kappa shape index (κ3) is 4.07. The average molecular weight is 318 g/mol. The Labute approximate surface area is 134 Å². The van der Waals surface area contributed by atoms with Crippen LogP contribution in [0.1, 0.15) is 43.1 Å². The summed E-state index contributed by atoms with van der Waals surface area (Å²) in [6, 6.07) is 8.26. The summed E-state index contributed by atoms with van der Waals surface area (Å²) in [4.78, 5) is 23.6. The molecule has 1 aromatic carbocycles. The van der Waals surface area contributed by atoms with E-state index in [1.54, 1.807) is 4.57 Å². The van der Waals surface area contributed by atoms with E-state index in [1.807, 2.05) is 19.2 Å². The van der Waals surface area contributed by atoms with Crippen molar-refractivity contribution in [3.63, 3.8) is 0 Å². The van der Waals surface area contributed by atoms with Crippen molar-refractivity contribution >= 4 is 17.2 Å². The summed E-state index contributed by atoms with van der Waals surface area (Å²) in [5.41, 5.74) is 3.29. The molecule has 5 heteroatoms. The van der Waals surface area contributed by atoms with E-state index in [0.29, 0.717) is 13.0 Å². The number of carbonyl (C=O) groups is 1. The topological polar surface area (TPSA) is 51.1 Å². The maximum absolute atomic E-state index is 12.0. The lowest BCUT2D eigenvalue weighted by Crippen LogP contribution is -2.28. The molecule has 22 heavy (non-hydrogen) atoms. The van der Waals surface area contributed by atoms with Gasteiger partial charge in [-0.05, 0) is 31.4 Å². The Morgan fingerprint density at radius 1 is 1.32 bits per heavy atom. The number of rotatable bonds is 6.